The number of thioether (sulfide) groups is 1. The Kier molecular flexibility index (Phi) is 9.58. The molecule has 4 aromatic rings. The van der Waals surface area contributed by atoms with Gasteiger partial charge in [0.15, 0.2) is 0 Å². The molecule has 0 aliphatic heterocycles. The van der Waals surface area contributed by atoms with Crippen molar-refractivity contribution in [2.24, 2.45) is 0 Å². The Morgan fingerprint density at radius 1 is 0.780 bits per heavy atom. The van der Waals surface area contributed by atoms with Crippen molar-refractivity contribution in [3.63, 3.8) is 0 Å². The van der Waals surface area contributed by atoms with Gasteiger partial charge in [0.25, 0.3) is 20.0 Å². The summed E-state index contributed by atoms with van der Waals surface area (Å²) >= 11 is 1.49. The third-order valence-electron chi connectivity index (χ3n) is 5.84. The zero-order chi connectivity index (χ0) is 29.5. The second kappa shape index (κ2) is 13.1. The molecule has 0 bridgehead atoms. The molecule has 2 N–H and O–H groups in total. The van der Waals surface area contributed by atoms with Gasteiger partial charge in [0.2, 0.25) is 5.91 Å². The Balaban J connectivity index is 1.54. The molecular weight excluding hydrogens is 583 g/mol. The van der Waals surface area contributed by atoms with Crippen LogP contribution in [0.15, 0.2) is 118 Å². The molecule has 0 saturated heterocycles. The van der Waals surface area contributed by atoms with E-state index in [2.05, 4.69) is 10.0 Å². The number of para-hydroxylation sites is 1. The van der Waals surface area contributed by atoms with Gasteiger partial charge in [-0.3, -0.25) is 13.8 Å². The molecule has 0 heterocycles. The van der Waals surface area contributed by atoms with Crippen molar-refractivity contribution in [1.82, 2.24) is 0 Å². The monoisotopic (exact) mass is 611 g/mol. The van der Waals surface area contributed by atoms with Crippen LogP contribution in [-0.2, 0) is 24.8 Å². The van der Waals surface area contributed by atoms with Gasteiger partial charge in [-0.25, -0.2) is 16.8 Å². The Morgan fingerprint density at radius 3 is 1.98 bits per heavy atom. The molecule has 1 amide bonds. The SMILES string of the molecule is CCOc1ccc(N(CC(=O)Nc2ccc(S(=O)(=O)Nc3ccccc3)cc2)S(=O)(=O)c2ccc(SC)cc2)cc1. The van der Waals surface area contributed by atoms with Crippen molar-refractivity contribution < 1.29 is 26.4 Å². The van der Waals surface area contributed by atoms with Crippen molar-refractivity contribution in [3.8, 4) is 5.75 Å². The molecule has 214 valence electrons. The van der Waals surface area contributed by atoms with Gasteiger partial charge in [-0.05, 0) is 98.1 Å². The summed E-state index contributed by atoms with van der Waals surface area (Å²) in [6, 6.07) is 26.9. The highest BCUT2D eigenvalue weighted by Crippen LogP contribution is 2.27. The number of nitrogens with one attached hydrogen (secondary N) is 2. The molecule has 9 nitrogen and oxygen atoms in total. The molecule has 41 heavy (non-hydrogen) atoms. The summed E-state index contributed by atoms with van der Waals surface area (Å²) in [7, 11) is -7.95. The molecular formula is C29H29N3O6S3. The second-order valence-electron chi connectivity index (χ2n) is 8.66. The number of benzene rings is 4. The number of nitrogens with zero attached hydrogens (tertiary/aromatic N) is 1. The number of amides is 1. The average Bonchev–Trinajstić information content (AvgIpc) is 2.97. The third kappa shape index (κ3) is 7.60. The van der Waals surface area contributed by atoms with Crippen LogP contribution in [0.1, 0.15) is 6.92 Å². The van der Waals surface area contributed by atoms with Gasteiger partial charge in [0, 0.05) is 16.3 Å². The maximum absolute atomic E-state index is 13.7. The van der Waals surface area contributed by atoms with Crippen LogP contribution < -0.4 is 19.1 Å². The van der Waals surface area contributed by atoms with E-state index in [1.54, 1.807) is 66.7 Å². The molecule has 0 radical (unpaired) electrons. The Bertz CT molecular complexity index is 1680. The first-order valence-electron chi connectivity index (χ1n) is 12.5. The Hall–Kier alpha value is -4.00. The van der Waals surface area contributed by atoms with Crippen molar-refractivity contribution >= 4 is 54.8 Å². The van der Waals surface area contributed by atoms with Crippen molar-refractivity contribution in [1.29, 1.82) is 0 Å². The van der Waals surface area contributed by atoms with Crippen molar-refractivity contribution in [2.45, 2.75) is 21.6 Å². The van der Waals surface area contributed by atoms with Gasteiger partial charge in [-0.1, -0.05) is 18.2 Å². The summed E-state index contributed by atoms with van der Waals surface area (Å²) in [5.74, 6) is -0.0413. The molecule has 0 atom stereocenters. The van der Waals surface area contributed by atoms with Gasteiger partial charge in [0.05, 0.1) is 22.1 Å². The smallest absolute Gasteiger partial charge is 0.264 e. The van der Waals surface area contributed by atoms with E-state index in [0.717, 1.165) is 9.20 Å². The molecule has 0 aromatic heterocycles. The number of sulfonamides is 2. The lowest BCUT2D eigenvalue weighted by molar-refractivity contribution is -0.114. The minimum Gasteiger partial charge on any atom is -0.494 e. The summed E-state index contributed by atoms with van der Waals surface area (Å²) in [4.78, 5) is 14.0. The molecule has 0 saturated carbocycles. The van der Waals surface area contributed by atoms with Crippen molar-refractivity contribution in [2.75, 3.05) is 33.8 Å². The Morgan fingerprint density at radius 2 is 1.39 bits per heavy atom. The van der Waals surface area contributed by atoms with Crippen LogP contribution in [0.2, 0.25) is 0 Å². The molecule has 12 heteroatoms. The number of hydrogen-bond acceptors (Lipinski definition) is 7. The van der Waals surface area contributed by atoms with E-state index in [1.807, 2.05) is 13.2 Å². The highest BCUT2D eigenvalue weighted by atomic mass is 32.2. The fraction of sp³-hybridized carbons (Fsp3) is 0.138. The van der Waals surface area contributed by atoms with E-state index in [-0.39, 0.29) is 15.5 Å². The topological polar surface area (TPSA) is 122 Å². The summed E-state index contributed by atoms with van der Waals surface area (Å²) in [5, 5.41) is 2.66. The van der Waals surface area contributed by atoms with E-state index in [1.165, 1.54) is 48.2 Å². The van der Waals surface area contributed by atoms with Crippen LogP contribution in [0.3, 0.4) is 0 Å². The lowest BCUT2D eigenvalue weighted by Crippen LogP contribution is -2.38. The molecule has 0 aliphatic carbocycles. The number of carbonyl (C=O) groups excluding carboxylic acids is 1. The zero-order valence-corrected chi connectivity index (χ0v) is 24.8. The van der Waals surface area contributed by atoms with Gasteiger partial charge >= 0.3 is 0 Å². The van der Waals surface area contributed by atoms with Gasteiger partial charge < -0.3 is 10.1 Å². The number of hydrogen-bond donors (Lipinski definition) is 2. The number of carbonyl (C=O) groups is 1. The fourth-order valence-electron chi connectivity index (χ4n) is 3.83. The van der Waals surface area contributed by atoms with E-state index in [0.29, 0.717) is 23.7 Å². The van der Waals surface area contributed by atoms with E-state index >= 15 is 0 Å². The van der Waals surface area contributed by atoms with Gasteiger partial charge in [-0.2, -0.15) is 0 Å². The first-order chi connectivity index (χ1) is 19.6. The van der Waals surface area contributed by atoms with Gasteiger partial charge in [0.1, 0.15) is 12.3 Å². The van der Waals surface area contributed by atoms with Crippen LogP contribution in [0.4, 0.5) is 17.1 Å². The third-order valence-corrected chi connectivity index (χ3v) is 9.77. The Labute approximate surface area is 244 Å². The average molecular weight is 612 g/mol. The standard InChI is InChI=1S/C29H29N3O6S3/c1-3-38-25-13-11-24(12-14-25)32(41(36,37)28-19-15-26(39-2)16-20-28)21-29(33)30-22-9-17-27(18-10-22)40(34,35)31-23-7-5-4-6-8-23/h4-20,31H,3,21H2,1-2H3,(H,30,33). The minimum atomic E-state index is -4.11. The summed E-state index contributed by atoms with van der Waals surface area (Å²) in [5.41, 5.74) is 1.01. The molecule has 0 fully saturated rings. The maximum atomic E-state index is 13.7. The normalized spacial score (nSPS) is 11.5. The lowest BCUT2D eigenvalue weighted by Gasteiger charge is -2.24. The largest absolute Gasteiger partial charge is 0.494 e. The molecule has 0 spiro atoms. The number of rotatable bonds is 12. The maximum Gasteiger partial charge on any atom is 0.264 e. The predicted molar refractivity (Wildman–Crippen MR) is 163 cm³/mol. The summed E-state index contributed by atoms with van der Waals surface area (Å²) in [6.45, 7) is 1.78. The highest BCUT2D eigenvalue weighted by Gasteiger charge is 2.27. The molecule has 4 rings (SSSR count). The number of ether oxygens (including phenoxy) is 1. The second-order valence-corrected chi connectivity index (χ2v) is 13.1. The van der Waals surface area contributed by atoms with E-state index < -0.39 is 32.5 Å². The van der Waals surface area contributed by atoms with Crippen molar-refractivity contribution in [3.05, 3.63) is 103 Å². The summed E-state index contributed by atoms with van der Waals surface area (Å²) in [6.07, 6.45) is 1.89. The zero-order valence-electron chi connectivity index (χ0n) is 22.4. The molecule has 4 aromatic carbocycles. The van der Waals surface area contributed by atoms with Crippen LogP contribution in [-0.4, -0.2) is 42.2 Å². The quantitative estimate of drug-likeness (QED) is 0.205. The minimum absolute atomic E-state index is 0.00614. The first kappa shape index (κ1) is 30.0. The van der Waals surface area contributed by atoms with Crippen LogP contribution in [0, 0.1) is 0 Å². The van der Waals surface area contributed by atoms with Crippen LogP contribution in [0.25, 0.3) is 0 Å². The highest BCUT2D eigenvalue weighted by molar-refractivity contribution is 7.98. The van der Waals surface area contributed by atoms with Crippen LogP contribution in [0.5, 0.6) is 5.75 Å². The molecule has 0 unspecified atom stereocenters. The fourth-order valence-corrected chi connectivity index (χ4v) is 6.72. The first-order valence-corrected chi connectivity index (χ1v) is 16.6. The molecule has 0 aliphatic rings. The van der Waals surface area contributed by atoms with E-state index in [9.17, 15) is 21.6 Å². The predicted octanol–water partition coefficient (Wildman–Crippen LogP) is 5.44. The number of anilines is 3. The van der Waals surface area contributed by atoms with Gasteiger partial charge in [-0.15, -0.1) is 11.8 Å². The van der Waals surface area contributed by atoms with Crippen LogP contribution >= 0.6 is 11.8 Å². The van der Waals surface area contributed by atoms with E-state index in [4.69, 9.17) is 4.74 Å². The lowest BCUT2D eigenvalue weighted by atomic mass is 10.3. The summed E-state index contributed by atoms with van der Waals surface area (Å²) < 4.78 is 61.7.